The zero-order chi connectivity index (χ0) is 23.3. The molecule has 0 aliphatic heterocycles. The van der Waals surface area contributed by atoms with Gasteiger partial charge in [-0.05, 0) is 52.5 Å². The second-order valence-electron chi connectivity index (χ2n) is 9.18. The normalized spacial score (nSPS) is 11.4. The molecule has 7 heteroatoms. The highest BCUT2D eigenvalue weighted by molar-refractivity contribution is 5.95. The van der Waals surface area contributed by atoms with Crippen LogP contribution in [-0.4, -0.2) is 22.7 Å². The van der Waals surface area contributed by atoms with Crippen molar-refractivity contribution in [2.24, 2.45) is 11.7 Å². The van der Waals surface area contributed by atoms with Crippen molar-refractivity contribution in [2.45, 2.75) is 67.0 Å². The number of nitrogens with one attached hydrogen (secondary N) is 2. The molecule has 2 rings (SSSR count). The summed E-state index contributed by atoms with van der Waals surface area (Å²) in [4.78, 5) is 28.9. The van der Waals surface area contributed by atoms with Gasteiger partial charge < -0.3 is 21.1 Å². The van der Waals surface area contributed by atoms with E-state index in [1.54, 1.807) is 0 Å². The van der Waals surface area contributed by atoms with Crippen LogP contribution < -0.4 is 16.4 Å². The number of ether oxygens (including phenoxy) is 1. The lowest BCUT2D eigenvalue weighted by atomic mass is 9.92. The maximum absolute atomic E-state index is 12.3. The smallest absolute Gasteiger partial charge is 0.407 e. The van der Waals surface area contributed by atoms with Crippen LogP contribution in [0.25, 0.3) is 11.1 Å². The molecule has 1 heterocycles. The molecule has 0 bridgehead atoms. The third-order valence-electron chi connectivity index (χ3n) is 4.56. The molecule has 0 saturated heterocycles. The molecule has 2 aromatic rings. The number of urea groups is 1. The average molecular weight is 427 g/mol. The molecule has 168 valence electrons. The lowest BCUT2D eigenvalue weighted by molar-refractivity contribution is 0.0523. The number of pyridine rings is 1. The van der Waals surface area contributed by atoms with Crippen molar-refractivity contribution >= 4 is 17.8 Å². The monoisotopic (exact) mass is 426 g/mol. The Bertz CT molecular complexity index is 945. The van der Waals surface area contributed by atoms with Gasteiger partial charge in [0.2, 0.25) is 0 Å². The van der Waals surface area contributed by atoms with E-state index in [4.69, 9.17) is 15.5 Å². The standard InChI is InChI=1S/C24H34N4O3/c1-14(2)12-19-18(13-26-23(30)31-24(5,6)7)20(17-10-8-15(3)9-11-17)21(16(4)27-19)28-22(25)29/h8-11,14H,12-13H2,1-7H3,(H,26,30)(H3,25,28,29). The highest BCUT2D eigenvalue weighted by Gasteiger charge is 2.22. The number of aryl methyl sites for hydroxylation is 2. The second kappa shape index (κ2) is 9.81. The Morgan fingerprint density at radius 3 is 2.26 bits per heavy atom. The summed E-state index contributed by atoms with van der Waals surface area (Å²) in [5.74, 6) is 0.355. The number of carbonyl (C=O) groups excluding carboxylic acids is 2. The Kier molecular flexibility index (Phi) is 7.65. The maximum Gasteiger partial charge on any atom is 0.407 e. The number of benzene rings is 1. The van der Waals surface area contributed by atoms with Crippen molar-refractivity contribution in [1.29, 1.82) is 0 Å². The van der Waals surface area contributed by atoms with Gasteiger partial charge in [-0.3, -0.25) is 4.98 Å². The summed E-state index contributed by atoms with van der Waals surface area (Å²) in [5, 5.41) is 5.58. The van der Waals surface area contributed by atoms with Crippen LogP contribution in [0.5, 0.6) is 0 Å². The van der Waals surface area contributed by atoms with Gasteiger partial charge in [0.25, 0.3) is 0 Å². The number of rotatable bonds is 6. The van der Waals surface area contributed by atoms with Crippen LogP contribution in [0, 0.1) is 19.8 Å². The number of primary amides is 1. The van der Waals surface area contributed by atoms with Gasteiger partial charge in [-0.15, -0.1) is 0 Å². The molecule has 3 amide bonds. The SMILES string of the molecule is Cc1ccc(-c2c(CNC(=O)OC(C)(C)C)c(CC(C)C)nc(C)c2NC(N)=O)cc1. The molecule has 0 saturated carbocycles. The van der Waals surface area contributed by atoms with E-state index in [-0.39, 0.29) is 6.54 Å². The zero-order valence-electron chi connectivity index (χ0n) is 19.6. The van der Waals surface area contributed by atoms with Gasteiger partial charge in [0.05, 0.1) is 11.4 Å². The average Bonchev–Trinajstić information content (AvgIpc) is 2.61. The first-order chi connectivity index (χ1) is 14.4. The van der Waals surface area contributed by atoms with Crippen LogP contribution in [0.2, 0.25) is 0 Å². The van der Waals surface area contributed by atoms with E-state index in [0.29, 0.717) is 17.3 Å². The minimum atomic E-state index is -0.666. The van der Waals surface area contributed by atoms with Crippen LogP contribution >= 0.6 is 0 Å². The van der Waals surface area contributed by atoms with Crippen LogP contribution in [0.1, 0.15) is 57.1 Å². The lowest BCUT2D eigenvalue weighted by Crippen LogP contribution is -2.32. The minimum Gasteiger partial charge on any atom is -0.444 e. The van der Waals surface area contributed by atoms with E-state index in [9.17, 15) is 9.59 Å². The molecule has 0 radical (unpaired) electrons. The summed E-state index contributed by atoms with van der Waals surface area (Å²) in [7, 11) is 0. The number of aromatic nitrogens is 1. The van der Waals surface area contributed by atoms with Gasteiger partial charge in [-0.2, -0.15) is 0 Å². The molecule has 31 heavy (non-hydrogen) atoms. The Hall–Kier alpha value is -3.09. The fraction of sp³-hybridized carbons (Fsp3) is 0.458. The van der Waals surface area contributed by atoms with Crippen molar-refractivity contribution in [3.05, 3.63) is 46.8 Å². The van der Waals surface area contributed by atoms with Crippen LogP contribution in [0.15, 0.2) is 24.3 Å². The van der Waals surface area contributed by atoms with E-state index in [1.807, 2.05) is 58.9 Å². The van der Waals surface area contributed by atoms with E-state index in [0.717, 1.165) is 34.4 Å². The summed E-state index contributed by atoms with van der Waals surface area (Å²) in [6.07, 6.45) is 0.213. The number of carbonyl (C=O) groups is 2. The van der Waals surface area contributed by atoms with Crippen molar-refractivity contribution in [3.8, 4) is 11.1 Å². The van der Waals surface area contributed by atoms with Gasteiger partial charge in [-0.25, -0.2) is 9.59 Å². The molecular weight excluding hydrogens is 392 g/mol. The highest BCUT2D eigenvalue weighted by Crippen LogP contribution is 2.36. The van der Waals surface area contributed by atoms with Crippen LogP contribution in [0.4, 0.5) is 15.3 Å². The molecule has 0 aliphatic rings. The van der Waals surface area contributed by atoms with Crippen LogP contribution in [-0.2, 0) is 17.7 Å². The topological polar surface area (TPSA) is 106 Å². The van der Waals surface area contributed by atoms with E-state index in [2.05, 4.69) is 24.5 Å². The van der Waals surface area contributed by atoms with Gasteiger partial charge in [0.1, 0.15) is 5.60 Å². The summed E-state index contributed by atoms with van der Waals surface area (Å²) < 4.78 is 5.40. The Balaban J connectivity index is 2.64. The second-order valence-corrected chi connectivity index (χ2v) is 9.18. The molecular formula is C24H34N4O3. The van der Waals surface area contributed by atoms with Crippen molar-refractivity contribution in [1.82, 2.24) is 10.3 Å². The summed E-state index contributed by atoms with van der Waals surface area (Å²) in [6.45, 7) is 13.7. The molecule has 0 fully saturated rings. The summed E-state index contributed by atoms with van der Waals surface area (Å²) >= 11 is 0. The van der Waals surface area contributed by atoms with Crippen LogP contribution in [0.3, 0.4) is 0 Å². The van der Waals surface area contributed by atoms with Gasteiger partial charge in [0, 0.05) is 23.4 Å². The first kappa shape index (κ1) is 24.2. The number of nitrogens with two attached hydrogens (primary N) is 1. The molecule has 4 N–H and O–H groups in total. The number of hydrogen-bond acceptors (Lipinski definition) is 4. The van der Waals surface area contributed by atoms with E-state index in [1.165, 1.54) is 0 Å². The summed E-state index contributed by atoms with van der Waals surface area (Å²) in [5.41, 5.74) is 10.6. The maximum atomic E-state index is 12.3. The van der Waals surface area contributed by atoms with Gasteiger partial charge in [0.15, 0.2) is 0 Å². The highest BCUT2D eigenvalue weighted by atomic mass is 16.6. The molecule has 1 aromatic heterocycles. The Morgan fingerprint density at radius 2 is 1.74 bits per heavy atom. The molecule has 0 aliphatic carbocycles. The fourth-order valence-corrected chi connectivity index (χ4v) is 3.34. The number of anilines is 1. The molecule has 0 unspecified atom stereocenters. The van der Waals surface area contributed by atoms with Crippen molar-refractivity contribution in [2.75, 3.05) is 5.32 Å². The lowest BCUT2D eigenvalue weighted by Gasteiger charge is -2.23. The van der Waals surface area contributed by atoms with Gasteiger partial charge >= 0.3 is 12.1 Å². The Morgan fingerprint density at radius 1 is 1.13 bits per heavy atom. The van der Waals surface area contributed by atoms with Gasteiger partial charge in [-0.1, -0.05) is 43.7 Å². The van der Waals surface area contributed by atoms with E-state index >= 15 is 0 Å². The molecule has 1 aromatic carbocycles. The number of alkyl carbamates (subject to hydrolysis) is 1. The minimum absolute atomic E-state index is 0.209. The fourth-order valence-electron chi connectivity index (χ4n) is 3.34. The van der Waals surface area contributed by atoms with E-state index < -0.39 is 17.7 Å². The zero-order valence-corrected chi connectivity index (χ0v) is 19.6. The van der Waals surface area contributed by atoms with Crippen molar-refractivity contribution in [3.63, 3.8) is 0 Å². The Labute approximate surface area is 184 Å². The first-order valence-electron chi connectivity index (χ1n) is 10.5. The molecule has 7 nitrogen and oxygen atoms in total. The van der Waals surface area contributed by atoms with Crippen molar-refractivity contribution < 1.29 is 14.3 Å². The molecule has 0 spiro atoms. The quantitative estimate of drug-likeness (QED) is 0.599. The number of amides is 3. The molecule has 0 atom stereocenters. The predicted octanol–water partition coefficient (Wildman–Crippen LogP) is 5.08. The number of nitrogens with zero attached hydrogens (tertiary/aromatic N) is 1. The largest absolute Gasteiger partial charge is 0.444 e. The first-order valence-corrected chi connectivity index (χ1v) is 10.5. The predicted molar refractivity (Wildman–Crippen MR) is 124 cm³/mol. The summed E-state index contributed by atoms with van der Waals surface area (Å²) in [6, 6.07) is 7.33. The third kappa shape index (κ3) is 6.98. The number of hydrogen-bond donors (Lipinski definition) is 3. The third-order valence-corrected chi connectivity index (χ3v) is 4.56.